The highest BCUT2D eigenvalue weighted by Gasteiger charge is 2.01. The quantitative estimate of drug-likeness (QED) is 0.752. The smallest absolute Gasteiger partial charge is 0.221 e. The van der Waals surface area contributed by atoms with Gasteiger partial charge in [0.25, 0.3) is 0 Å². The molecule has 2 heterocycles. The first-order valence-electron chi connectivity index (χ1n) is 6.98. The van der Waals surface area contributed by atoms with Gasteiger partial charge < -0.3 is 5.73 Å². The maximum Gasteiger partial charge on any atom is 0.221 e. The summed E-state index contributed by atoms with van der Waals surface area (Å²) >= 11 is 0. The third-order valence-corrected chi connectivity index (χ3v) is 3.26. The van der Waals surface area contributed by atoms with E-state index in [9.17, 15) is 0 Å². The van der Waals surface area contributed by atoms with Crippen LogP contribution in [0.15, 0.2) is 53.9 Å². The second-order valence-corrected chi connectivity index (χ2v) is 5.00. The number of aromatic nitrogens is 3. The molecule has 2 aromatic heterocycles. The van der Waals surface area contributed by atoms with Crippen LogP contribution in [0.4, 0.5) is 5.95 Å². The van der Waals surface area contributed by atoms with E-state index >= 15 is 0 Å². The van der Waals surface area contributed by atoms with Crippen molar-refractivity contribution in [3.8, 4) is 17.3 Å². The summed E-state index contributed by atoms with van der Waals surface area (Å²) < 4.78 is 1.53. The first kappa shape index (κ1) is 14.5. The van der Waals surface area contributed by atoms with E-state index in [1.807, 2.05) is 37.3 Å². The van der Waals surface area contributed by atoms with Gasteiger partial charge in [-0.05, 0) is 24.6 Å². The Bertz CT molecular complexity index is 882. The molecule has 3 rings (SSSR count). The average molecular weight is 302 g/mol. The molecular weight excluding hydrogens is 288 g/mol. The van der Waals surface area contributed by atoms with Gasteiger partial charge in [0.1, 0.15) is 6.07 Å². The molecule has 3 aromatic rings. The van der Waals surface area contributed by atoms with Gasteiger partial charge >= 0.3 is 0 Å². The molecular formula is C17H14N6. The van der Waals surface area contributed by atoms with Crippen LogP contribution < -0.4 is 5.73 Å². The lowest BCUT2D eigenvalue weighted by Gasteiger charge is -2.01. The standard InChI is InChI=1S/C17H14N6/c1-12-11-23(17(19)22-12)21-10-13-2-5-15(6-3-13)16-7-4-14(8-18)9-20-16/h2-7,9-11H,1H3,(H2,19,22). The molecule has 0 radical (unpaired) electrons. The van der Waals surface area contributed by atoms with Crippen LogP contribution in [-0.4, -0.2) is 20.9 Å². The molecule has 0 spiro atoms. The molecule has 23 heavy (non-hydrogen) atoms. The fourth-order valence-electron chi connectivity index (χ4n) is 2.10. The predicted octanol–water partition coefficient (Wildman–Crippen LogP) is 2.59. The SMILES string of the molecule is Cc1cn(N=Cc2ccc(-c3ccc(C#N)cn3)cc2)c(N)n1. The normalized spacial score (nSPS) is 10.8. The second-order valence-electron chi connectivity index (χ2n) is 5.00. The van der Waals surface area contributed by atoms with Crippen LogP contribution in [-0.2, 0) is 0 Å². The van der Waals surface area contributed by atoms with Gasteiger partial charge in [0.2, 0.25) is 5.95 Å². The van der Waals surface area contributed by atoms with E-state index in [0.29, 0.717) is 11.5 Å². The highest BCUT2D eigenvalue weighted by atomic mass is 15.4. The van der Waals surface area contributed by atoms with E-state index in [2.05, 4.69) is 21.1 Å². The van der Waals surface area contributed by atoms with E-state index in [1.54, 1.807) is 24.7 Å². The van der Waals surface area contributed by atoms with Crippen molar-refractivity contribution >= 4 is 12.2 Å². The molecule has 0 aliphatic heterocycles. The number of aryl methyl sites for hydroxylation is 1. The number of hydrogen-bond donors (Lipinski definition) is 1. The Morgan fingerprint density at radius 2 is 2.00 bits per heavy atom. The zero-order chi connectivity index (χ0) is 16.2. The minimum absolute atomic E-state index is 0.358. The average Bonchev–Trinajstić information content (AvgIpc) is 2.91. The zero-order valence-corrected chi connectivity index (χ0v) is 12.5. The van der Waals surface area contributed by atoms with E-state index in [-0.39, 0.29) is 0 Å². The molecule has 0 atom stereocenters. The zero-order valence-electron chi connectivity index (χ0n) is 12.5. The summed E-state index contributed by atoms with van der Waals surface area (Å²) in [6.07, 6.45) is 5.04. The first-order valence-corrected chi connectivity index (χ1v) is 6.98. The molecule has 0 saturated carbocycles. The number of anilines is 1. The highest BCUT2D eigenvalue weighted by Crippen LogP contribution is 2.17. The van der Waals surface area contributed by atoms with Gasteiger partial charge in [-0.3, -0.25) is 4.98 Å². The van der Waals surface area contributed by atoms with Gasteiger partial charge in [-0.2, -0.15) is 10.4 Å². The van der Waals surface area contributed by atoms with Gasteiger partial charge in [0, 0.05) is 11.8 Å². The molecule has 0 aliphatic rings. The van der Waals surface area contributed by atoms with Gasteiger partial charge in [-0.25, -0.2) is 9.66 Å². The number of hydrogen-bond acceptors (Lipinski definition) is 5. The van der Waals surface area contributed by atoms with Crippen molar-refractivity contribution < 1.29 is 0 Å². The number of rotatable bonds is 3. The van der Waals surface area contributed by atoms with Crippen molar-refractivity contribution in [2.75, 3.05) is 5.73 Å². The van der Waals surface area contributed by atoms with Crippen LogP contribution in [0.3, 0.4) is 0 Å². The molecule has 6 heteroatoms. The van der Waals surface area contributed by atoms with E-state index in [1.165, 1.54) is 4.68 Å². The van der Waals surface area contributed by atoms with Crippen LogP contribution >= 0.6 is 0 Å². The third-order valence-electron chi connectivity index (χ3n) is 3.26. The summed E-state index contributed by atoms with van der Waals surface area (Å²) in [6, 6.07) is 13.4. The lowest BCUT2D eigenvalue weighted by Crippen LogP contribution is -1.96. The highest BCUT2D eigenvalue weighted by molar-refractivity contribution is 5.80. The van der Waals surface area contributed by atoms with Crippen molar-refractivity contribution in [1.82, 2.24) is 14.6 Å². The van der Waals surface area contributed by atoms with E-state index in [4.69, 9.17) is 11.0 Å². The van der Waals surface area contributed by atoms with E-state index < -0.39 is 0 Å². The molecule has 2 N–H and O–H groups in total. The molecule has 112 valence electrons. The lowest BCUT2D eigenvalue weighted by molar-refractivity contribution is 0.897. The Labute approximate surface area is 133 Å². The van der Waals surface area contributed by atoms with Crippen molar-refractivity contribution in [1.29, 1.82) is 5.26 Å². The Morgan fingerprint density at radius 3 is 2.57 bits per heavy atom. The van der Waals surface area contributed by atoms with Gasteiger partial charge in [-0.1, -0.05) is 24.3 Å². The summed E-state index contributed by atoms with van der Waals surface area (Å²) in [6.45, 7) is 1.86. The molecule has 0 aliphatic carbocycles. The third kappa shape index (κ3) is 3.24. The van der Waals surface area contributed by atoms with Crippen LogP contribution in [0.2, 0.25) is 0 Å². The second kappa shape index (κ2) is 6.12. The maximum absolute atomic E-state index is 8.79. The number of nitriles is 1. The largest absolute Gasteiger partial charge is 0.368 e. The molecule has 0 bridgehead atoms. The monoisotopic (exact) mass is 302 g/mol. The summed E-state index contributed by atoms with van der Waals surface area (Å²) in [4.78, 5) is 8.36. The molecule has 6 nitrogen and oxygen atoms in total. The number of nitrogens with two attached hydrogens (primary N) is 1. The van der Waals surface area contributed by atoms with Crippen molar-refractivity contribution in [3.63, 3.8) is 0 Å². The minimum Gasteiger partial charge on any atom is -0.368 e. The van der Waals surface area contributed by atoms with Crippen molar-refractivity contribution in [3.05, 3.63) is 65.6 Å². The lowest BCUT2D eigenvalue weighted by atomic mass is 10.1. The van der Waals surface area contributed by atoms with Crippen molar-refractivity contribution in [2.24, 2.45) is 5.10 Å². The number of benzene rings is 1. The summed E-state index contributed by atoms with van der Waals surface area (Å²) in [7, 11) is 0. The molecule has 0 unspecified atom stereocenters. The summed E-state index contributed by atoms with van der Waals surface area (Å²) in [5, 5.41) is 13.1. The summed E-state index contributed by atoms with van der Waals surface area (Å²) in [5.41, 5.74) is 9.84. The Hall–Kier alpha value is -3.46. The van der Waals surface area contributed by atoms with E-state index in [0.717, 1.165) is 22.5 Å². The number of nitrogen functional groups attached to an aromatic ring is 1. The molecule has 1 aromatic carbocycles. The van der Waals surface area contributed by atoms with Gasteiger partial charge in [0.05, 0.1) is 29.4 Å². The summed E-state index contributed by atoms with van der Waals surface area (Å²) in [5.74, 6) is 0.358. The predicted molar refractivity (Wildman–Crippen MR) is 88.8 cm³/mol. The van der Waals surface area contributed by atoms with Gasteiger partial charge in [0.15, 0.2) is 0 Å². The van der Waals surface area contributed by atoms with Crippen LogP contribution in [0.25, 0.3) is 11.3 Å². The van der Waals surface area contributed by atoms with Crippen molar-refractivity contribution in [2.45, 2.75) is 6.92 Å². The minimum atomic E-state index is 0.358. The van der Waals surface area contributed by atoms with Crippen LogP contribution in [0.1, 0.15) is 16.8 Å². The number of imidazole rings is 1. The molecule has 0 saturated heterocycles. The fraction of sp³-hybridized carbons (Fsp3) is 0.0588. The maximum atomic E-state index is 8.79. The molecule has 0 fully saturated rings. The van der Waals surface area contributed by atoms with Crippen LogP contribution in [0.5, 0.6) is 0 Å². The Kier molecular flexibility index (Phi) is 3.85. The topological polar surface area (TPSA) is 92.9 Å². The van der Waals surface area contributed by atoms with Crippen LogP contribution in [0, 0.1) is 18.3 Å². The number of nitrogens with zero attached hydrogens (tertiary/aromatic N) is 5. The fourth-order valence-corrected chi connectivity index (χ4v) is 2.10. The number of pyridine rings is 1. The Balaban J connectivity index is 1.79. The molecule has 0 amide bonds. The first-order chi connectivity index (χ1) is 11.2. The van der Waals surface area contributed by atoms with Gasteiger partial charge in [-0.15, -0.1) is 0 Å². The Morgan fingerprint density at radius 1 is 1.22 bits per heavy atom.